The average Bonchev–Trinajstić information content (AvgIpc) is 2.83. The fourth-order valence-corrected chi connectivity index (χ4v) is 2.46. The molecule has 0 heterocycles. The van der Waals surface area contributed by atoms with Gasteiger partial charge in [0.25, 0.3) is 0 Å². The van der Waals surface area contributed by atoms with Crippen LogP contribution in [0.25, 0.3) is 0 Å². The van der Waals surface area contributed by atoms with Gasteiger partial charge < -0.3 is 5.32 Å². The zero-order valence-electron chi connectivity index (χ0n) is 9.77. The second kappa shape index (κ2) is 4.98. The summed E-state index contributed by atoms with van der Waals surface area (Å²) in [7, 11) is 0. The lowest BCUT2D eigenvalue weighted by Crippen LogP contribution is -2.24. The van der Waals surface area contributed by atoms with Crippen LogP contribution in [0, 0.1) is 23.4 Å². The summed E-state index contributed by atoms with van der Waals surface area (Å²) < 4.78 is 39.2. The molecule has 1 saturated carbocycles. The van der Waals surface area contributed by atoms with Crippen molar-refractivity contribution in [3.05, 3.63) is 29.6 Å². The molecule has 94 valence electrons. The number of rotatable bonds is 3. The molecule has 1 aliphatic rings. The lowest BCUT2D eigenvalue weighted by molar-refractivity contribution is 0.443. The van der Waals surface area contributed by atoms with Crippen molar-refractivity contribution in [3.8, 4) is 0 Å². The second-order valence-corrected chi connectivity index (χ2v) is 4.70. The maximum absolute atomic E-state index is 13.4. The highest BCUT2D eigenvalue weighted by Gasteiger charge is 2.23. The Morgan fingerprint density at radius 2 is 1.76 bits per heavy atom. The number of hydrogen-bond acceptors (Lipinski definition) is 1. The van der Waals surface area contributed by atoms with Crippen LogP contribution in [-0.2, 0) is 0 Å². The molecular formula is C13H16F3N. The Labute approximate surface area is 99.0 Å². The van der Waals surface area contributed by atoms with E-state index in [0.717, 1.165) is 18.9 Å². The maximum atomic E-state index is 13.4. The molecule has 1 N–H and O–H groups in total. The quantitative estimate of drug-likeness (QED) is 0.788. The van der Waals surface area contributed by atoms with Gasteiger partial charge in [-0.05, 0) is 37.8 Å². The fourth-order valence-electron chi connectivity index (χ4n) is 2.46. The minimum absolute atomic E-state index is 0.0447. The SMILES string of the molecule is CC(Nc1ccc(F)c(F)c1F)C1CCCC1. The number of hydrogen-bond donors (Lipinski definition) is 1. The summed E-state index contributed by atoms with van der Waals surface area (Å²) in [6.45, 7) is 1.96. The van der Waals surface area contributed by atoms with Crippen molar-refractivity contribution >= 4 is 5.69 Å². The van der Waals surface area contributed by atoms with Gasteiger partial charge in [0, 0.05) is 6.04 Å². The summed E-state index contributed by atoms with van der Waals surface area (Å²) in [6, 6.07) is 2.28. The zero-order valence-corrected chi connectivity index (χ0v) is 9.77. The van der Waals surface area contributed by atoms with Crippen LogP contribution in [-0.4, -0.2) is 6.04 Å². The van der Waals surface area contributed by atoms with E-state index in [2.05, 4.69) is 5.32 Å². The molecule has 1 aromatic rings. The van der Waals surface area contributed by atoms with Crippen LogP contribution in [0.5, 0.6) is 0 Å². The normalized spacial score (nSPS) is 18.4. The van der Waals surface area contributed by atoms with Gasteiger partial charge in [-0.1, -0.05) is 12.8 Å². The van der Waals surface area contributed by atoms with Gasteiger partial charge in [0.15, 0.2) is 17.5 Å². The van der Waals surface area contributed by atoms with E-state index in [4.69, 9.17) is 0 Å². The van der Waals surface area contributed by atoms with Gasteiger partial charge in [0.05, 0.1) is 5.69 Å². The first-order valence-electron chi connectivity index (χ1n) is 5.99. The molecule has 0 spiro atoms. The van der Waals surface area contributed by atoms with Gasteiger partial charge in [-0.3, -0.25) is 0 Å². The summed E-state index contributed by atoms with van der Waals surface area (Å²) in [6.07, 6.45) is 4.60. The number of halogens is 3. The first kappa shape index (κ1) is 12.3. The number of benzene rings is 1. The molecule has 1 aromatic carbocycles. The molecule has 0 radical (unpaired) electrons. The Hall–Kier alpha value is -1.19. The van der Waals surface area contributed by atoms with Crippen LogP contribution in [0.3, 0.4) is 0 Å². The summed E-state index contributed by atoms with van der Waals surface area (Å²) in [5.41, 5.74) is 0.0447. The second-order valence-electron chi connectivity index (χ2n) is 4.70. The minimum Gasteiger partial charge on any atom is -0.380 e. The van der Waals surface area contributed by atoms with E-state index in [1.54, 1.807) is 0 Å². The molecule has 4 heteroatoms. The topological polar surface area (TPSA) is 12.0 Å². The Morgan fingerprint density at radius 1 is 1.12 bits per heavy atom. The van der Waals surface area contributed by atoms with E-state index in [1.165, 1.54) is 18.9 Å². The van der Waals surface area contributed by atoms with Gasteiger partial charge in [-0.2, -0.15) is 0 Å². The van der Waals surface area contributed by atoms with Gasteiger partial charge in [0.1, 0.15) is 0 Å². The third kappa shape index (κ3) is 2.56. The molecule has 17 heavy (non-hydrogen) atoms. The predicted molar refractivity (Wildman–Crippen MR) is 61.4 cm³/mol. The standard InChI is InChI=1S/C13H16F3N/c1-8(9-4-2-3-5-9)17-11-7-6-10(14)12(15)13(11)16/h6-9,17H,2-5H2,1H3. The summed E-state index contributed by atoms with van der Waals surface area (Å²) in [4.78, 5) is 0. The highest BCUT2D eigenvalue weighted by Crippen LogP contribution is 2.30. The molecule has 0 aromatic heterocycles. The van der Waals surface area contributed by atoms with Crippen molar-refractivity contribution in [2.45, 2.75) is 38.6 Å². The molecule has 1 nitrogen and oxygen atoms in total. The number of anilines is 1. The van der Waals surface area contributed by atoms with E-state index in [1.807, 2.05) is 6.92 Å². The Morgan fingerprint density at radius 3 is 2.41 bits per heavy atom. The maximum Gasteiger partial charge on any atom is 0.196 e. The van der Waals surface area contributed by atoms with Gasteiger partial charge >= 0.3 is 0 Å². The van der Waals surface area contributed by atoms with E-state index in [9.17, 15) is 13.2 Å². The summed E-state index contributed by atoms with van der Waals surface area (Å²) >= 11 is 0. The van der Waals surface area contributed by atoms with Crippen molar-refractivity contribution < 1.29 is 13.2 Å². The van der Waals surface area contributed by atoms with Crippen molar-refractivity contribution in [1.29, 1.82) is 0 Å². The molecule has 0 saturated heterocycles. The van der Waals surface area contributed by atoms with Gasteiger partial charge in [-0.25, -0.2) is 13.2 Å². The van der Waals surface area contributed by atoms with Gasteiger partial charge in [0.2, 0.25) is 0 Å². The largest absolute Gasteiger partial charge is 0.380 e. The molecule has 1 fully saturated rings. The first-order chi connectivity index (χ1) is 8.09. The van der Waals surface area contributed by atoms with E-state index in [-0.39, 0.29) is 11.7 Å². The summed E-state index contributed by atoms with van der Waals surface area (Å²) in [5, 5.41) is 2.94. The van der Waals surface area contributed by atoms with Crippen LogP contribution in [0.1, 0.15) is 32.6 Å². The molecule has 0 aliphatic heterocycles. The zero-order chi connectivity index (χ0) is 12.4. The molecule has 0 amide bonds. The van der Waals surface area contributed by atoms with Crippen LogP contribution in [0.2, 0.25) is 0 Å². The Balaban J connectivity index is 2.10. The highest BCUT2D eigenvalue weighted by molar-refractivity contribution is 5.46. The van der Waals surface area contributed by atoms with E-state index >= 15 is 0 Å². The number of nitrogens with one attached hydrogen (secondary N) is 1. The molecule has 1 aliphatic carbocycles. The highest BCUT2D eigenvalue weighted by atomic mass is 19.2. The monoisotopic (exact) mass is 243 g/mol. The third-order valence-corrected chi connectivity index (χ3v) is 3.53. The first-order valence-corrected chi connectivity index (χ1v) is 5.99. The van der Waals surface area contributed by atoms with Crippen LogP contribution >= 0.6 is 0 Å². The van der Waals surface area contributed by atoms with E-state index in [0.29, 0.717) is 5.92 Å². The fraction of sp³-hybridized carbons (Fsp3) is 0.538. The van der Waals surface area contributed by atoms with Crippen LogP contribution < -0.4 is 5.32 Å². The molecule has 1 atom stereocenters. The Bertz CT molecular complexity index is 400. The minimum atomic E-state index is -1.41. The molecule has 0 bridgehead atoms. The lowest BCUT2D eigenvalue weighted by Gasteiger charge is -2.21. The van der Waals surface area contributed by atoms with E-state index < -0.39 is 17.5 Å². The van der Waals surface area contributed by atoms with Gasteiger partial charge in [-0.15, -0.1) is 0 Å². The molecular weight excluding hydrogens is 227 g/mol. The molecule has 1 unspecified atom stereocenters. The predicted octanol–water partition coefficient (Wildman–Crippen LogP) is 4.09. The summed E-state index contributed by atoms with van der Waals surface area (Å²) in [5.74, 6) is -3.20. The smallest absolute Gasteiger partial charge is 0.196 e. The van der Waals surface area contributed by atoms with Crippen LogP contribution in [0.15, 0.2) is 12.1 Å². The van der Waals surface area contributed by atoms with Crippen molar-refractivity contribution in [3.63, 3.8) is 0 Å². The third-order valence-electron chi connectivity index (χ3n) is 3.53. The lowest BCUT2D eigenvalue weighted by atomic mass is 9.99. The molecule has 2 rings (SSSR count). The Kier molecular flexibility index (Phi) is 3.60. The van der Waals surface area contributed by atoms with Crippen LogP contribution in [0.4, 0.5) is 18.9 Å². The van der Waals surface area contributed by atoms with Crippen molar-refractivity contribution in [2.75, 3.05) is 5.32 Å². The average molecular weight is 243 g/mol. The van der Waals surface area contributed by atoms with Crippen molar-refractivity contribution in [1.82, 2.24) is 0 Å². The van der Waals surface area contributed by atoms with Crippen molar-refractivity contribution in [2.24, 2.45) is 5.92 Å².